The van der Waals surface area contributed by atoms with Gasteiger partial charge in [0, 0.05) is 104 Å². The van der Waals surface area contributed by atoms with Crippen molar-refractivity contribution in [2.45, 2.75) is 0 Å². The summed E-state index contributed by atoms with van der Waals surface area (Å²) in [7, 11) is 0. The molecule has 2 aliphatic rings. The smallest absolute Gasteiger partial charge is 0.0737 e. The minimum atomic E-state index is 0. The molecule has 0 saturated carbocycles. The van der Waals surface area contributed by atoms with E-state index in [-0.39, 0.29) is 17.1 Å². The Morgan fingerprint density at radius 2 is 0.544 bits per heavy atom. The van der Waals surface area contributed by atoms with Gasteiger partial charge in [-0.15, -0.1) is 0 Å². The summed E-state index contributed by atoms with van der Waals surface area (Å²) in [6.07, 6.45) is 7.83. The van der Waals surface area contributed by atoms with E-state index in [1.807, 2.05) is 72.8 Å². The van der Waals surface area contributed by atoms with Gasteiger partial charge in [0.1, 0.15) is 0 Å². The predicted molar refractivity (Wildman–Crippen MR) is 241 cm³/mol. The van der Waals surface area contributed by atoms with E-state index in [4.69, 9.17) is 103 Å². The van der Waals surface area contributed by atoms with Crippen molar-refractivity contribution in [3.05, 3.63) is 160 Å². The van der Waals surface area contributed by atoms with Gasteiger partial charge in [0.15, 0.2) is 0 Å². The van der Waals surface area contributed by atoms with E-state index in [0.29, 0.717) is 63.0 Å². The van der Waals surface area contributed by atoms with Crippen LogP contribution >= 0.6 is 92.8 Å². The van der Waals surface area contributed by atoms with Crippen molar-refractivity contribution in [2.24, 2.45) is 0 Å². The first kappa shape index (κ1) is 40.1. The standard InChI is InChI=1S/C44H22Cl8N4.Fe/c45-21-1-5-25(29(49)17-21)41-33-9-11-35(53-33)42(26-6-2-22(46)18-30(26)50)37-13-15-39(55-37)44(28-8-4-24(48)20-32(28)52)40-16-14-38(56-40)43(36-12-10-34(41)54-36)27-7-3-23(47)19-31(27)51;/h1-20,53,56H;. The molecule has 0 radical (unpaired) electrons. The number of benzene rings is 4. The van der Waals surface area contributed by atoms with E-state index < -0.39 is 0 Å². The van der Waals surface area contributed by atoms with Crippen LogP contribution in [-0.4, -0.2) is 19.9 Å². The molecule has 5 heterocycles. The first-order chi connectivity index (χ1) is 27.0. The van der Waals surface area contributed by atoms with Crippen LogP contribution in [0.4, 0.5) is 0 Å². The SMILES string of the molecule is Clc1ccc(-c2c3nc(c(-c4ccc(Cl)cc4Cl)c4ccc([nH]4)c(-c4ccc(Cl)cc4Cl)c4nc(c(-c5ccc(Cl)cc5Cl)c5ccc2[nH]5)C=C4)C=C3)c(Cl)c1.[Fe]. The van der Waals surface area contributed by atoms with Crippen LogP contribution in [0.25, 0.3) is 90.9 Å². The molecule has 0 fully saturated rings. The van der Waals surface area contributed by atoms with Crippen molar-refractivity contribution in [1.29, 1.82) is 0 Å². The molecule has 2 aliphatic heterocycles. The van der Waals surface area contributed by atoms with Crippen LogP contribution in [0.2, 0.25) is 40.2 Å². The summed E-state index contributed by atoms with van der Waals surface area (Å²) >= 11 is 53.4. The largest absolute Gasteiger partial charge is 0.354 e. The fourth-order valence-corrected chi connectivity index (χ4v) is 9.12. The number of halogens is 8. The van der Waals surface area contributed by atoms with Gasteiger partial charge in [0.05, 0.1) is 42.9 Å². The van der Waals surface area contributed by atoms with Crippen LogP contribution in [-0.2, 0) is 17.1 Å². The molecule has 0 spiro atoms. The third-order valence-electron chi connectivity index (χ3n) is 9.56. The van der Waals surface area contributed by atoms with E-state index in [1.165, 1.54) is 0 Å². The zero-order valence-electron chi connectivity index (χ0n) is 28.8. The minimum absolute atomic E-state index is 0. The molecule has 0 atom stereocenters. The number of aromatic amines is 2. The van der Waals surface area contributed by atoms with Gasteiger partial charge in [-0.05, 0) is 97.1 Å². The summed E-state index contributed by atoms with van der Waals surface area (Å²) < 4.78 is 0. The Morgan fingerprint density at radius 3 is 0.754 bits per heavy atom. The number of aromatic nitrogens is 4. The van der Waals surface area contributed by atoms with Gasteiger partial charge in [0.25, 0.3) is 0 Å². The summed E-state index contributed by atoms with van der Waals surface area (Å²) in [6, 6.07) is 29.5. The molecule has 0 amide bonds. The van der Waals surface area contributed by atoms with Gasteiger partial charge < -0.3 is 9.97 Å². The van der Waals surface area contributed by atoms with Crippen molar-refractivity contribution in [2.75, 3.05) is 0 Å². The molecule has 0 unspecified atom stereocenters. The van der Waals surface area contributed by atoms with Gasteiger partial charge in [-0.3, -0.25) is 0 Å². The first-order valence-electron chi connectivity index (χ1n) is 17.0. The van der Waals surface area contributed by atoms with Crippen LogP contribution in [0.15, 0.2) is 97.1 Å². The van der Waals surface area contributed by atoms with Crippen molar-refractivity contribution in [3.8, 4) is 44.5 Å². The average Bonchev–Trinajstić information content (AvgIpc) is 3.99. The van der Waals surface area contributed by atoms with Crippen molar-refractivity contribution in [3.63, 3.8) is 0 Å². The third-order valence-corrected chi connectivity index (χ3v) is 11.7. The molecule has 3 aromatic heterocycles. The molecule has 13 heteroatoms. The van der Waals surface area contributed by atoms with E-state index in [0.717, 1.165) is 66.6 Å². The van der Waals surface area contributed by atoms with Crippen molar-refractivity contribution >= 4 is 139 Å². The fraction of sp³-hybridized carbons (Fsp3) is 0. The molecule has 4 nitrogen and oxygen atoms in total. The molecule has 9 rings (SSSR count). The summed E-state index contributed by atoms with van der Waals surface area (Å²) in [5.41, 5.74) is 11.4. The second-order valence-corrected chi connectivity index (χ2v) is 16.4. The summed E-state index contributed by atoms with van der Waals surface area (Å²) in [4.78, 5) is 17.9. The minimum Gasteiger partial charge on any atom is -0.354 e. The van der Waals surface area contributed by atoms with E-state index >= 15 is 0 Å². The normalized spacial score (nSPS) is 11.9. The first-order valence-corrected chi connectivity index (χ1v) is 20.0. The second-order valence-electron chi connectivity index (χ2n) is 13.0. The van der Waals surface area contributed by atoms with Crippen LogP contribution < -0.4 is 0 Å². The van der Waals surface area contributed by atoms with Gasteiger partial charge in [-0.2, -0.15) is 0 Å². The number of hydrogen-bond donors (Lipinski definition) is 2. The van der Waals surface area contributed by atoms with Gasteiger partial charge in [-0.25, -0.2) is 9.97 Å². The molecule has 4 aromatic carbocycles. The zero-order valence-corrected chi connectivity index (χ0v) is 36.0. The molecular formula is C44H22Cl8FeN4. The van der Waals surface area contributed by atoms with Gasteiger partial charge in [0.2, 0.25) is 0 Å². The number of H-pyrrole nitrogens is 2. The van der Waals surface area contributed by atoms with Crippen LogP contribution in [0.5, 0.6) is 0 Å². The Kier molecular flexibility index (Phi) is 11.4. The van der Waals surface area contributed by atoms with Crippen LogP contribution in [0.1, 0.15) is 22.8 Å². The maximum atomic E-state index is 6.94. The molecule has 57 heavy (non-hydrogen) atoms. The second kappa shape index (κ2) is 16.2. The number of rotatable bonds is 4. The molecule has 0 aliphatic carbocycles. The molecular weight excluding hydrogens is 924 g/mol. The van der Waals surface area contributed by atoms with Crippen molar-refractivity contribution < 1.29 is 17.1 Å². The Balaban J connectivity index is 0.00000455. The maximum Gasteiger partial charge on any atom is 0.0737 e. The third kappa shape index (κ3) is 7.57. The number of hydrogen-bond acceptors (Lipinski definition) is 2. The predicted octanol–water partition coefficient (Wildman–Crippen LogP) is 16.5. The Hall–Kier alpha value is -3.68. The van der Waals surface area contributed by atoms with E-state index in [1.54, 1.807) is 48.5 Å². The molecule has 2 N–H and O–H groups in total. The average molecular weight is 946 g/mol. The topological polar surface area (TPSA) is 57.4 Å². The summed E-state index contributed by atoms with van der Waals surface area (Å²) in [5, 5.41) is 3.86. The summed E-state index contributed by atoms with van der Waals surface area (Å²) in [5.74, 6) is 0. The van der Waals surface area contributed by atoms with Crippen molar-refractivity contribution in [1.82, 2.24) is 19.9 Å². The Labute approximate surface area is 377 Å². The van der Waals surface area contributed by atoms with E-state index in [2.05, 4.69) is 9.97 Å². The number of nitrogens with one attached hydrogen (secondary N) is 2. The van der Waals surface area contributed by atoms with Crippen LogP contribution in [0, 0.1) is 0 Å². The van der Waals surface area contributed by atoms with Gasteiger partial charge >= 0.3 is 0 Å². The quantitative estimate of drug-likeness (QED) is 0.173. The molecule has 0 saturated heterocycles. The van der Waals surface area contributed by atoms with E-state index in [9.17, 15) is 0 Å². The Bertz CT molecular complexity index is 2640. The van der Waals surface area contributed by atoms with Crippen LogP contribution in [0.3, 0.4) is 0 Å². The fourth-order valence-electron chi connectivity index (χ4n) is 7.11. The summed E-state index contributed by atoms with van der Waals surface area (Å²) in [6.45, 7) is 0. The molecule has 7 aromatic rings. The molecule has 282 valence electrons. The number of fused-ring (bicyclic) bond motifs is 8. The Morgan fingerprint density at radius 1 is 0.316 bits per heavy atom. The number of nitrogens with zero attached hydrogens (tertiary/aromatic N) is 2. The zero-order chi connectivity index (χ0) is 38.8. The monoisotopic (exact) mass is 942 g/mol. The van der Waals surface area contributed by atoms with Gasteiger partial charge in [-0.1, -0.05) is 117 Å². The molecule has 8 bridgehead atoms. The maximum absolute atomic E-state index is 6.94.